The van der Waals surface area contributed by atoms with Crippen LogP contribution in [0.15, 0.2) is 63.0 Å². The lowest BCUT2D eigenvalue weighted by Crippen LogP contribution is -2.42. The summed E-state index contributed by atoms with van der Waals surface area (Å²) in [5.41, 5.74) is 1.39. The Labute approximate surface area is 197 Å². The van der Waals surface area contributed by atoms with Gasteiger partial charge < -0.3 is 14.7 Å². The summed E-state index contributed by atoms with van der Waals surface area (Å²) in [6, 6.07) is 13.9. The molecule has 4 rings (SSSR count). The van der Waals surface area contributed by atoms with Crippen molar-refractivity contribution in [3.05, 3.63) is 74.2 Å². The number of halogens is 2. The van der Waals surface area contributed by atoms with Crippen molar-refractivity contribution in [2.24, 2.45) is 0 Å². The molecule has 0 aliphatic carbocycles. The minimum atomic E-state index is -0.660. The number of carbonyl (C=O) groups is 2. The molecule has 2 aromatic carbocycles. The molecule has 31 heavy (non-hydrogen) atoms. The van der Waals surface area contributed by atoms with E-state index in [0.29, 0.717) is 31.9 Å². The van der Waals surface area contributed by atoms with Crippen molar-refractivity contribution in [1.82, 2.24) is 9.80 Å². The molecule has 1 atom stereocenters. The summed E-state index contributed by atoms with van der Waals surface area (Å²) in [4.78, 5) is 29.9. The van der Waals surface area contributed by atoms with Crippen LogP contribution in [0, 0.1) is 0 Å². The van der Waals surface area contributed by atoms with Crippen LogP contribution in [0.3, 0.4) is 0 Å². The number of amides is 1. The molecule has 2 fully saturated rings. The first-order chi connectivity index (χ1) is 15.0. The number of hydrogen-bond acceptors (Lipinski definition) is 5. The lowest BCUT2D eigenvalue weighted by Gasteiger charge is -2.31. The first-order valence-corrected chi connectivity index (χ1v) is 11.6. The molecular formula is C23H22Br2N2O4. The van der Waals surface area contributed by atoms with E-state index in [1.165, 1.54) is 0 Å². The Bertz CT molecular complexity index is 1020. The summed E-state index contributed by atoms with van der Waals surface area (Å²) in [6.45, 7) is 3.95. The van der Waals surface area contributed by atoms with E-state index in [1.54, 1.807) is 29.2 Å². The maximum absolute atomic E-state index is 13.1. The number of rotatable bonds is 5. The quantitative estimate of drug-likeness (QED) is 0.347. The standard InChI is InChI=1S/C23H22Br2N2O4/c24-17-6-4-15(5-7-17)21(28)19-20(16-2-1-3-18(25)14-16)27(23(30)22(19)29)9-8-26-10-12-31-13-11-26/h1-7,14,20,28H,8-13H2/b21-19+/t20-/m0/s1. The molecule has 0 saturated carbocycles. The fourth-order valence-corrected chi connectivity index (χ4v) is 4.65. The van der Waals surface area contributed by atoms with Gasteiger partial charge in [0, 0.05) is 40.7 Å². The molecule has 2 heterocycles. The summed E-state index contributed by atoms with van der Waals surface area (Å²) >= 11 is 6.85. The highest BCUT2D eigenvalue weighted by Crippen LogP contribution is 2.40. The van der Waals surface area contributed by atoms with Gasteiger partial charge >= 0.3 is 0 Å². The third-order valence-electron chi connectivity index (χ3n) is 5.58. The number of carbonyl (C=O) groups excluding carboxylic acids is 2. The Hall–Kier alpha value is -2.00. The fraction of sp³-hybridized carbons (Fsp3) is 0.304. The van der Waals surface area contributed by atoms with Gasteiger partial charge in [-0.15, -0.1) is 0 Å². The van der Waals surface area contributed by atoms with Crippen LogP contribution in [0.25, 0.3) is 5.76 Å². The number of Topliss-reactive ketones (excluding diaryl/α,β-unsaturated/α-hetero) is 1. The number of aliphatic hydroxyl groups excluding tert-OH is 1. The molecule has 2 saturated heterocycles. The van der Waals surface area contributed by atoms with Crippen LogP contribution >= 0.6 is 31.9 Å². The van der Waals surface area contributed by atoms with Crippen LogP contribution < -0.4 is 0 Å². The van der Waals surface area contributed by atoms with Gasteiger partial charge in [-0.3, -0.25) is 14.5 Å². The lowest BCUT2D eigenvalue weighted by atomic mass is 9.95. The van der Waals surface area contributed by atoms with Gasteiger partial charge in [-0.25, -0.2) is 0 Å². The van der Waals surface area contributed by atoms with Gasteiger partial charge in [0.2, 0.25) is 0 Å². The number of nitrogens with zero attached hydrogens (tertiary/aromatic N) is 2. The number of hydrogen-bond donors (Lipinski definition) is 1. The minimum absolute atomic E-state index is 0.118. The third-order valence-corrected chi connectivity index (χ3v) is 6.60. The highest BCUT2D eigenvalue weighted by Gasteiger charge is 2.46. The Morgan fingerprint density at radius 3 is 2.39 bits per heavy atom. The Balaban J connectivity index is 1.73. The SMILES string of the molecule is O=C1C(=O)N(CCN2CCOCC2)[C@@H](c2cccc(Br)c2)/C1=C(\O)c1ccc(Br)cc1. The van der Waals surface area contributed by atoms with Crippen LogP contribution in [-0.4, -0.2) is 66.0 Å². The summed E-state index contributed by atoms with van der Waals surface area (Å²) < 4.78 is 7.09. The minimum Gasteiger partial charge on any atom is -0.507 e. The highest BCUT2D eigenvalue weighted by atomic mass is 79.9. The number of ketones is 1. The zero-order valence-corrected chi connectivity index (χ0v) is 19.9. The lowest BCUT2D eigenvalue weighted by molar-refractivity contribution is -0.140. The van der Waals surface area contributed by atoms with E-state index in [0.717, 1.165) is 27.6 Å². The highest BCUT2D eigenvalue weighted by molar-refractivity contribution is 9.10. The van der Waals surface area contributed by atoms with Gasteiger partial charge in [-0.2, -0.15) is 0 Å². The average molecular weight is 550 g/mol. The van der Waals surface area contributed by atoms with E-state index in [9.17, 15) is 14.7 Å². The molecule has 0 radical (unpaired) electrons. The van der Waals surface area contributed by atoms with Crippen molar-refractivity contribution in [3.63, 3.8) is 0 Å². The zero-order chi connectivity index (χ0) is 22.0. The van der Waals surface area contributed by atoms with Crippen LogP contribution in [0.5, 0.6) is 0 Å². The Kier molecular flexibility index (Phi) is 6.91. The molecule has 2 aliphatic heterocycles. The number of ether oxygens (including phenoxy) is 1. The van der Waals surface area contributed by atoms with Crippen LogP contribution in [0.2, 0.25) is 0 Å². The normalized spacial score (nSPS) is 21.6. The second-order valence-electron chi connectivity index (χ2n) is 7.51. The zero-order valence-electron chi connectivity index (χ0n) is 16.8. The van der Waals surface area contributed by atoms with Gasteiger partial charge in [-0.1, -0.05) is 56.1 Å². The number of morpholine rings is 1. The topological polar surface area (TPSA) is 70.1 Å². The molecule has 2 aliphatic rings. The van der Waals surface area contributed by atoms with Gasteiger partial charge in [0.25, 0.3) is 11.7 Å². The predicted octanol–water partition coefficient (Wildman–Crippen LogP) is 3.97. The number of benzene rings is 2. The van der Waals surface area contributed by atoms with Crippen molar-refractivity contribution in [2.75, 3.05) is 39.4 Å². The smallest absolute Gasteiger partial charge is 0.295 e. The van der Waals surface area contributed by atoms with Crippen molar-refractivity contribution >= 4 is 49.3 Å². The van der Waals surface area contributed by atoms with Crippen molar-refractivity contribution < 1.29 is 19.4 Å². The van der Waals surface area contributed by atoms with E-state index in [1.807, 2.05) is 24.3 Å². The molecule has 8 heteroatoms. The maximum atomic E-state index is 13.1. The van der Waals surface area contributed by atoms with Gasteiger partial charge in [0.1, 0.15) is 5.76 Å². The Morgan fingerprint density at radius 1 is 1.00 bits per heavy atom. The van der Waals surface area contributed by atoms with Crippen molar-refractivity contribution in [2.45, 2.75) is 6.04 Å². The fourth-order valence-electron chi connectivity index (χ4n) is 3.97. The van der Waals surface area contributed by atoms with Gasteiger partial charge in [-0.05, 0) is 29.8 Å². The van der Waals surface area contributed by atoms with E-state index in [2.05, 4.69) is 36.8 Å². The van der Waals surface area contributed by atoms with E-state index < -0.39 is 17.7 Å². The molecular weight excluding hydrogens is 528 g/mol. The van der Waals surface area contributed by atoms with Crippen molar-refractivity contribution in [1.29, 1.82) is 0 Å². The second kappa shape index (κ2) is 9.65. The third kappa shape index (κ3) is 4.77. The molecule has 1 N–H and O–H groups in total. The van der Waals surface area contributed by atoms with Crippen molar-refractivity contribution in [3.8, 4) is 0 Å². The second-order valence-corrected chi connectivity index (χ2v) is 9.34. The maximum Gasteiger partial charge on any atom is 0.295 e. The van der Waals surface area contributed by atoms with E-state index in [4.69, 9.17) is 4.74 Å². The summed E-state index contributed by atoms with van der Waals surface area (Å²) in [6.07, 6.45) is 0. The molecule has 0 unspecified atom stereocenters. The van der Waals surface area contributed by atoms with Gasteiger partial charge in [0.15, 0.2) is 0 Å². The van der Waals surface area contributed by atoms with Crippen LogP contribution in [-0.2, 0) is 14.3 Å². The first-order valence-electron chi connectivity index (χ1n) is 10.1. The number of aliphatic hydroxyl groups is 1. The summed E-state index contributed by atoms with van der Waals surface area (Å²) in [7, 11) is 0. The molecule has 0 bridgehead atoms. The first kappa shape index (κ1) is 22.2. The van der Waals surface area contributed by atoms with E-state index in [-0.39, 0.29) is 11.3 Å². The molecule has 1 amide bonds. The molecule has 2 aromatic rings. The summed E-state index contributed by atoms with van der Waals surface area (Å²) in [5.74, 6) is -1.41. The predicted molar refractivity (Wildman–Crippen MR) is 125 cm³/mol. The molecule has 0 aromatic heterocycles. The molecule has 162 valence electrons. The van der Waals surface area contributed by atoms with Gasteiger partial charge in [0.05, 0.1) is 24.8 Å². The van der Waals surface area contributed by atoms with Crippen LogP contribution in [0.1, 0.15) is 17.2 Å². The molecule has 6 nitrogen and oxygen atoms in total. The largest absolute Gasteiger partial charge is 0.507 e. The van der Waals surface area contributed by atoms with Crippen LogP contribution in [0.4, 0.5) is 0 Å². The monoisotopic (exact) mass is 548 g/mol. The number of likely N-dealkylation sites (tertiary alicyclic amines) is 1. The summed E-state index contributed by atoms with van der Waals surface area (Å²) in [5, 5.41) is 11.1. The van der Waals surface area contributed by atoms with E-state index >= 15 is 0 Å². The average Bonchev–Trinajstić information content (AvgIpc) is 3.03. The molecule has 0 spiro atoms. The Morgan fingerprint density at radius 2 is 1.71 bits per heavy atom.